The van der Waals surface area contributed by atoms with Crippen molar-refractivity contribution in [3.8, 4) is 17.0 Å². The Hall–Kier alpha value is -1.72. The molecule has 0 amide bonds. The summed E-state index contributed by atoms with van der Waals surface area (Å²) in [5.41, 5.74) is 13.5. The van der Waals surface area contributed by atoms with Crippen LogP contribution >= 0.6 is 11.6 Å². The van der Waals surface area contributed by atoms with Gasteiger partial charge in [0.05, 0.1) is 22.6 Å². The molecule has 0 aliphatic rings. The van der Waals surface area contributed by atoms with Gasteiger partial charge in [0, 0.05) is 19.2 Å². The molecular formula is C12H15ClN4O. The van der Waals surface area contributed by atoms with Crippen molar-refractivity contribution in [1.29, 1.82) is 0 Å². The zero-order chi connectivity index (χ0) is 13.1. The molecule has 4 N–H and O–H groups in total. The van der Waals surface area contributed by atoms with Crippen LogP contribution in [0.5, 0.6) is 5.75 Å². The van der Waals surface area contributed by atoms with Crippen molar-refractivity contribution in [2.24, 2.45) is 12.8 Å². The average Bonchev–Trinajstić information content (AvgIpc) is 2.67. The first-order valence-electron chi connectivity index (χ1n) is 5.54. The summed E-state index contributed by atoms with van der Waals surface area (Å²) in [6.07, 6.45) is 1.59. The molecule has 0 unspecified atom stereocenters. The minimum atomic E-state index is 0.399. The molecule has 0 bridgehead atoms. The molecular weight excluding hydrogens is 252 g/mol. The Kier molecular flexibility index (Phi) is 3.74. The van der Waals surface area contributed by atoms with Crippen molar-refractivity contribution < 1.29 is 4.74 Å². The number of halogens is 1. The topological polar surface area (TPSA) is 79.1 Å². The first-order valence-corrected chi connectivity index (χ1v) is 5.92. The number of hydrogen-bond acceptors (Lipinski definition) is 4. The van der Waals surface area contributed by atoms with Crippen LogP contribution < -0.4 is 16.2 Å². The minimum Gasteiger partial charge on any atom is -0.489 e. The molecule has 18 heavy (non-hydrogen) atoms. The van der Waals surface area contributed by atoms with E-state index >= 15 is 0 Å². The second-order valence-electron chi connectivity index (χ2n) is 3.83. The number of aryl methyl sites for hydroxylation is 1. The minimum absolute atomic E-state index is 0.399. The molecule has 0 fully saturated rings. The maximum atomic E-state index is 6.13. The highest BCUT2D eigenvalue weighted by molar-refractivity contribution is 6.33. The molecule has 2 rings (SSSR count). The fourth-order valence-corrected chi connectivity index (χ4v) is 2.04. The molecule has 0 atom stereocenters. The van der Waals surface area contributed by atoms with Crippen LogP contribution in [0.3, 0.4) is 0 Å². The third kappa shape index (κ3) is 2.27. The second-order valence-corrected chi connectivity index (χ2v) is 4.23. The molecule has 0 radical (unpaired) electrons. The average molecular weight is 267 g/mol. The van der Waals surface area contributed by atoms with Crippen LogP contribution in [0, 0.1) is 0 Å². The first-order chi connectivity index (χ1) is 8.65. The van der Waals surface area contributed by atoms with Crippen LogP contribution in [0.25, 0.3) is 11.3 Å². The number of hydrogen-bond donors (Lipinski definition) is 2. The van der Waals surface area contributed by atoms with Crippen LogP contribution in [0.2, 0.25) is 5.02 Å². The van der Waals surface area contributed by atoms with Gasteiger partial charge in [-0.15, -0.1) is 0 Å². The number of ether oxygens (including phenoxy) is 1. The maximum absolute atomic E-state index is 6.13. The van der Waals surface area contributed by atoms with Crippen molar-refractivity contribution in [1.82, 2.24) is 9.78 Å². The highest BCUT2D eigenvalue weighted by Crippen LogP contribution is 2.37. The molecule has 0 aliphatic carbocycles. The molecule has 96 valence electrons. The largest absolute Gasteiger partial charge is 0.489 e. The van der Waals surface area contributed by atoms with Gasteiger partial charge in [-0.25, -0.2) is 0 Å². The van der Waals surface area contributed by atoms with Crippen molar-refractivity contribution in [2.45, 2.75) is 0 Å². The van der Waals surface area contributed by atoms with Gasteiger partial charge < -0.3 is 16.2 Å². The van der Waals surface area contributed by atoms with Gasteiger partial charge in [-0.3, -0.25) is 4.68 Å². The standard InChI is InChI=1S/C12H15ClN4O/c1-17-11(9(13)7-16-17)8-3-2-4-10(15)12(8)18-6-5-14/h2-4,7H,5-6,14-15H2,1H3. The summed E-state index contributed by atoms with van der Waals surface area (Å²) in [4.78, 5) is 0. The second kappa shape index (κ2) is 5.29. The number of benzene rings is 1. The summed E-state index contributed by atoms with van der Waals surface area (Å²) < 4.78 is 7.29. The molecule has 0 saturated carbocycles. The first kappa shape index (κ1) is 12.7. The van der Waals surface area contributed by atoms with E-state index in [-0.39, 0.29) is 0 Å². The lowest BCUT2D eigenvalue weighted by Gasteiger charge is -2.13. The third-order valence-corrected chi connectivity index (χ3v) is 2.84. The Morgan fingerprint density at radius 1 is 1.44 bits per heavy atom. The zero-order valence-corrected chi connectivity index (χ0v) is 10.8. The lowest BCUT2D eigenvalue weighted by atomic mass is 10.1. The number of anilines is 1. The highest BCUT2D eigenvalue weighted by Gasteiger charge is 2.16. The number of nitrogen functional groups attached to an aromatic ring is 1. The van der Waals surface area contributed by atoms with Gasteiger partial charge in [-0.1, -0.05) is 17.7 Å². The van der Waals surface area contributed by atoms with Crippen molar-refractivity contribution in [3.05, 3.63) is 29.4 Å². The molecule has 1 aromatic heterocycles. The molecule has 0 saturated heterocycles. The molecule has 2 aromatic rings. The quantitative estimate of drug-likeness (QED) is 0.825. The summed E-state index contributed by atoms with van der Waals surface area (Å²) in [5, 5.41) is 4.66. The molecule has 6 heteroatoms. The van der Waals surface area contributed by atoms with E-state index in [1.54, 1.807) is 16.9 Å². The molecule has 0 aliphatic heterocycles. The van der Waals surface area contributed by atoms with E-state index in [1.807, 2.05) is 19.2 Å². The highest BCUT2D eigenvalue weighted by atomic mass is 35.5. The van der Waals surface area contributed by atoms with Gasteiger partial charge in [0.15, 0.2) is 5.75 Å². The Morgan fingerprint density at radius 3 is 2.83 bits per heavy atom. The van der Waals surface area contributed by atoms with Crippen molar-refractivity contribution in [2.75, 3.05) is 18.9 Å². The summed E-state index contributed by atoms with van der Waals surface area (Å²) in [7, 11) is 1.82. The number of nitrogens with zero attached hydrogens (tertiary/aromatic N) is 2. The van der Waals surface area contributed by atoms with Crippen LogP contribution in [-0.4, -0.2) is 22.9 Å². The van der Waals surface area contributed by atoms with E-state index in [4.69, 9.17) is 27.8 Å². The van der Waals surface area contributed by atoms with E-state index < -0.39 is 0 Å². The SMILES string of the molecule is Cn1ncc(Cl)c1-c1cccc(N)c1OCCN. The summed E-state index contributed by atoms with van der Waals surface area (Å²) >= 11 is 6.13. The van der Waals surface area contributed by atoms with Gasteiger partial charge in [0.1, 0.15) is 6.61 Å². The van der Waals surface area contributed by atoms with E-state index in [1.165, 1.54) is 0 Å². The van der Waals surface area contributed by atoms with Crippen molar-refractivity contribution in [3.63, 3.8) is 0 Å². The lowest BCUT2D eigenvalue weighted by molar-refractivity contribution is 0.331. The normalized spacial score (nSPS) is 10.6. The predicted molar refractivity (Wildman–Crippen MR) is 72.6 cm³/mol. The van der Waals surface area contributed by atoms with E-state index in [0.717, 1.165) is 11.3 Å². The van der Waals surface area contributed by atoms with Crippen LogP contribution in [0.1, 0.15) is 0 Å². The predicted octanol–water partition coefficient (Wildman–Crippen LogP) is 1.66. The number of rotatable bonds is 4. The van der Waals surface area contributed by atoms with Gasteiger partial charge in [-0.05, 0) is 12.1 Å². The smallest absolute Gasteiger partial charge is 0.151 e. The van der Waals surface area contributed by atoms with E-state index in [9.17, 15) is 0 Å². The van der Waals surface area contributed by atoms with Gasteiger partial charge >= 0.3 is 0 Å². The van der Waals surface area contributed by atoms with Crippen LogP contribution in [-0.2, 0) is 7.05 Å². The van der Waals surface area contributed by atoms with Gasteiger partial charge in [0.25, 0.3) is 0 Å². The Balaban J connectivity index is 2.53. The molecule has 0 spiro atoms. The van der Waals surface area contributed by atoms with E-state index in [0.29, 0.717) is 29.6 Å². The fourth-order valence-electron chi connectivity index (χ4n) is 1.78. The fraction of sp³-hybridized carbons (Fsp3) is 0.250. The van der Waals surface area contributed by atoms with E-state index in [2.05, 4.69) is 5.10 Å². The summed E-state index contributed by atoms with van der Waals surface area (Å²) in [6.45, 7) is 0.823. The van der Waals surface area contributed by atoms with Crippen molar-refractivity contribution >= 4 is 17.3 Å². The Morgan fingerprint density at radius 2 is 2.22 bits per heavy atom. The Labute approximate surface area is 110 Å². The molecule has 5 nitrogen and oxygen atoms in total. The summed E-state index contributed by atoms with van der Waals surface area (Å²) in [6, 6.07) is 5.52. The number of nitrogens with two attached hydrogens (primary N) is 2. The molecule has 1 heterocycles. The van der Waals surface area contributed by atoms with Gasteiger partial charge in [-0.2, -0.15) is 5.10 Å². The monoisotopic (exact) mass is 266 g/mol. The zero-order valence-electron chi connectivity index (χ0n) is 10.1. The lowest BCUT2D eigenvalue weighted by Crippen LogP contribution is -2.12. The molecule has 1 aromatic carbocycles. The van der Waals surface area contributed by atoms with Gasteiger partial charge in [0.2, 0.25) is 0 Å². The summed E-state index contributed by atoms with van der Waals surface area (Å²) in [5.74, 6) is 0.591. The third-order valence-electron chi connectivity index (χ3n) is 2.56. The maximum Gasteiger partial charge on any atom is 0.151 e. The number of para-hydroxylation sites is 1. The Bertz CT molecular complexity index is 534. The van der Waals surface area contributed by atoms with Crippen LogP contribution in [0.4, 0.5) is 5.69 Å². The number of aromatic nitrogens is 2. The van der Waals surface area contributed by atoms with Crippen LogP contribution in [0.15, 0.2) is 24.4 Å².